The fourth-order valence-corrected chi connectivity index (χ4v) is 2.79. The van der Waals surface area contributed by atoms with E-state index in [1.54, 1.807) is 19.1 Å². The van der Waals surface area contributed by atoms with Gasteiger partial charge in [-0.05, 0) is 26.0 Å². The molecule has 3 aromatic rings. The third kappa shape index (κ3) is 4.56. The van der Waals surface area contributed by atoms with Crippen LogP contribution in [0.15, 0.2) is 28.8 Å². The molecule has 1 aromatic carbocycles. The van der Waals surface area contributed by atoms with Gasteiger partial charge in [-0.15, -0.1) is 0 Å². The molecule has 0 bridgehead atoms. The molecule has 0 aliphatic carbocycles. The number of nitrogens with zero attached hydrogens (tertiary/aromatic N) is 1. The van der Waals surface area contributed by atoms with Crippen LogP contribution < -0.4 is 10.1 Å². The smallest absolute Gasteiger partial charge is 0.222 e. The van der Waals surface area contributed by atoms with Crippen LogP contribution in [0.2, 0.25) is 5.02 Å². The molecule has 2 aromatic heterocycles. The number of benzene rings is 1. The van der Waals surface area contributed by atoms with Gasteiger partial charge >= 0.3 is 0 Å². The zero-order chi connectivity index (χ0) is 18.7. The Labute approximate surface area is 155 Å². The van der Waals surface area contributed by atoms with Gasteiger partial charge in [0.05, 0.1) is 29.8 Å². The second kappa shape index (κ2) is 7.80. The molecule has 0 fully saturated rings. The van der Waals surface area contributed by atoms with Crippen molar-refractivity contribution >= 4 is 28.4 Å². The van der Waals surface area contributed by atoms with E-state index in [0.29, 0.717) is 23.1 Å². The van der Waals surface area contributed by atoms with Crippen LogP contribution >= 0.6 is 11.6 Å². The first kappa shape index (κ1) is 18.3. The Bertz CT molecular complexity index is 916. The summed E-state index contributed by atoms with van der Waals surface area (Å²) in [4.78, 5) is 14.9. The van der Waals surface area contributed by atoms with Crippen LogP contribution in [0.4, 0.5) is 0 Å². The van der Waals surface area contributed by atoms with Gasteiger partial charge in [0.2, 0.25) is 5.91 Å². The average Bonchev–Trinajstić information content (AvgIpc) is 3.15. The third-order valence-electron chi connectivity index (χ3n) is 3.73. The van der Waals surface area contributed by atoms with E-state index in [1.165, 1.54) is 0 Å². The first-order chi connectivity index (χ1) is 12.4. The first-order valence-corrected chi connectivity index (χ1v) is 8.59. The van der Waals surface area contributed by atoms with E-state index >= 15 is 0 Å². The fraction of sp³-hybridized carbons (Fsp3) is 0.333. The number of amides is 1. The third-order valence-corrected chi connectivity index (χ3v) is 4.03. The van der Waals surface area contributed by atoms with Crippen LogP contribution in [0.5, 0.6) is 5.75 Å². The molecule has 1 amide bonds. The summed E-state index contributed by atoms with van der Waals surface area (Å²) < 4.78 is 10.8. The number of halogens is 1. The van der Waals surface area contributed by atoms with E-state index in [0.717, 1.165) is 22.3 Å². The quantitative estimate of drug-likeness (QED) is 0.587. The van der Waals surface area contributed by atoms with E-state index in [4.69, 9.17) is 20.9 Å². The molecule has 3 N–H and O–H groups in total. The zero-order valence-electron chi connectivity index (χ0n) is 14.5. The summed E-state index contributed by atoms with van der Waals surface area (Å²) in [5.74, 6) is 0.939. The molecular weight excluding hydrogens is 358 g/mol. The van der Waals surface area contributed by atoms with Crippen LogP contribution in [-0.4, -0.2) is 27.3 Å². The number of rotatable bonds is 7. The van der Waals surface area contributed by atoms with E-state index in [-0.39, 0.29) is 18.9 Å². The number of nitrogens with one attached hydrogen (secondary N) is 2. The molecular formula is C18H20ClN3O4. The summed E-state index contributed by atoms with van der Waals surface area (Å²) in [6.45, 7) is 3.99. The number of aliphatic hydroxyl groups excluding tert-OH is 1. The number of aryl methyl sites for hydroxylation is 1. The van der Waals surface area contributed by atoms with Crippen molar-refractivity contribution < 1.29 is 19.2 Å². The SMILES string of the molecule is Cc1cc(COc2cc3[nH]c(CNC(=O)C[C@H](C)O)cc3cc2Cl)on1. The van der Waals surface area contributed by atoms with Crippen molar-refractivity contribution in [3.63, 3.8) is 0 Å². The second-order valence-corrected chi connectivity index (χ2v) is 6.62. The standard InChI is InChI=1S/C18H20ClN3O4/c1-10-3-14(26-22-10)9-25-17-7-16-12(6-15(17)19)5-13(21-16)8-20-18(24)4-11(2)23/h3,5-7,11,21,23H,4,8-9H2,1-2H3,(H,20,24)/t11-/m0/s1. The maximum Gasteiger partial charge on any atom is 0.222 e. The van der Waals surface area contributed by atoms with Gasteiger partial charge in [-0.2, -0.15) is 0 Å². The number of ether oxygens (including phenoxy) is 1. The maximum atomic E-state index is 11.6. The highest BCUT2D eigenvalue weighted by Gasteiger charge is 2.11. The molecule has 0 saturated carbocycles. The highest BCUT2D eigenvalue weighted by atomic mass is 35.5. The molecule has 0 unspecified atom stereocenters. The number of aromatic amines is 1. The van der Waals surface area contributed by atoms with Gasteiger partial charge < -0.3 is 24.7 Å². The predicted octanol–water partition coefficient (Wildman–Crippen LogP) is 3.08. The lowest BCUT2D eigenvalue weighted by atomic mass is 10.2. The zero-order valence-corrected chi connectivity index (χ0v) is 15.3. The molecule has 7 nitrogen and oxygen atoms in total. The van der Waals surface area contributed by atoms with Crippen LogP contribution in [0, 0.1) is 6.92 Å². The molecule has 138 valence electrons. The number of aliphatic hydroxyl groups is 1. The Morgan fingerprint density at radius 1 is 1.42 bits per heavy atom. The molecule has 8 heteroatoms. The van der Waals surface area contributed by atoms with Crippen molar-refractivity contribution in [1.82, 2.24) is 15.5 Å². The molecule has 0 aliphatic heterocycles. The fourth-order valence-electron chi connectivity index (χ4n) is 2.57. The van der Waals surface area contributed by atoms with Gasteiger partial charge in [0.25, 0.3) is 0 Å². The molecule has 3 rings (SSSR count). The van der Waals surface area contributed by atoms with Gasteiger partial charge in [-0.3, -0.25) is 4.79 Å². The van der Waals surface area contributed by atoms with E-state index in [2.05, 4.69) is 15.5 Å². The Morgan fingerprint density at radius 2 is 2.23 bits per heavy atom. The van der Waals surface area contributed by atoms with Gasteiger partial charge in [0, 0.05) is 28.7 Å². The summed E-state index contributed by atoms with van der Waals surface area (Å²) in [7, 11) is 0. The normalized spacial score (nSPS) is 12.3. The largest absolute Gasteiger partial charge is 0.484 e. The summed E-state index contributed by atoms with van der Waals surface area (Å²) in [5, 5.41) is 17.2. The van der Waals surface area contributed by atoms with Crippen molar-refractivity contribution in [2.24, 2.45) is 0 Å². The lowest BCUT2D eigenvalue weighted by Gasteiger charge is -2.06. The van der Waals surface area contributed by atoms with E-state index < -0.39 is 6.10 Å². The second-order valence-electron chi connectivity index (χ2n) is 6.22. The van der Waals surface area contributed by atoms with Gasteiger partial charge in [-0.1, -0.05) is 16.8 Å². The monoisotopic (exact) mass is 377 g/mol. The number of carbonyl (C=O) groups excluding carboxylic acids is 1. The first-order valence-electron chi connectivity index (χ1n) is 8.21. The summed E-state index contributed by atoms with van der Waals surface area (Å²) in [5.41, 5.74) is 2.47. The number of aromatic nitrogens is 2. The molecule has 0 aliphatic rings. The summed E-state index contributed by atoms with van der Waals surface area (Å²) in [6.07, 6.45) is -0.588. The topological polar surface area (TPSA) is 100 Å². The highest BCUT2D eigenvalue weighted by Crippen LogP contribution is 2.31. The number of carbonyl (C=O) groups is 1. The molecule has 2 heterocycles. The predicted molar refractivity (Wildman–Crippen MR) is 97.0 cm³/mol. The number of fused-ring (bicyclic) bond motifs is 1. The highest BCUT2D eigenvalue weighted by molar-refractivity contribution is 6.32. The lowest BCUT2D eigenvalue weighted by Crippen LogP contribution is -2.25. The molecule has 1 atom stereocenters. The Morgan fingerprint density at radius 3 is 2.92 bits per heavy atom. The summed E-state index contributed by atoms with van der Waals surface area (Å²) >= 11 is 6.29. The number of hydrogen-bond acceptors (Lipinski definition) is 5. The van der Waals surface area contributed by atoms with Crippen molar-refractivity contribution in [1.29, 1.82) is 0 Å². The molecule has 0 radical (unpaired) electrons. The minimum Gasteiger partial charge on any atom is -0.484 e. The van der Waals surface area contributed by atoms with Crippen LogP contribution in [0.1, 0.15) is 30.5 Å². The average molecular weight is 378 g/mol. The molecule has 26 heavy (non-hydrogen) atoms. The Balaban J connectivity index is 1.68. The molecule has 0 saturated heterocycles. The minimum atomic E-state index is -0.663. The van der Waals surface area contributed by atoms with E-state index in [9.17, 15) is 9.90 Å². The van der Waals surface area contributed by atoms with Gasteiger partial charge in [0.1, 0.15) is 12.4 Å². The van der Waals surface area contributed by atoms with Crippen LogP contribution in [-0.2, 0) is 17.9 Å². The lowest BCUT2D eigenvalue weighted by molar-refractivity contribution is -0.122. The van der Waals surface area contributed by atoms with Crippen molar-refractivity contribution in [3.8, 4) is 5.75 Å². The van der Waals surface area contributed by atoms with Crippen LogP contribution in [0.3, 0.4) is 0 Å². The Kier molecular flexibility index (Phi) is 5.49. The molecule has 0 spiro atoms. The number of hydrogen-bond donors (Lipinski definition) is 3. The van der Waals surface area contributed by atoms with Crippen molar-refractivity contribution in [3.05, 3.63) is 46.4 Å². The van der Waals surface area contributed by atoms with Gasteiger partial charge in [-0.25, -0.2) is 0 Å². The van der Waals surface area contributed by atoms with Crippen molar-refractivity contribution in [2.75, 3.05) is 0 Å². The Hall–Kier alpha value is -2.51. The van der Waals surface area contributed by atoms with Crippen molar-refractivity contribution in [2.45, 2.75) is 39.5 Å². The summed E-state index contributed by atoms with van der Waals surface area (Å²) in [6, 6.07) is 7.32. The van der Waals surface area contributed by atoms with Gasteiger partial charge in [0.15, 0.2) is 5.76 Å². The number of H-pyrrole nitrogens is 1. The van der Waals surface area contributed by atoms with Crippen LogP contribution in [0.25, 0.3) is 10.9 Å². The minimum absolute atomic E-state index is 0.0746. The maximum absolute atomic E-state index is 11.6. The van der Waals surface area contributed by atoms with E-state index in [1.807, 2.05) is 19.1 Å².